The first-order valence-corrected chi connectivity index (χ1v) is 4.23. The molecule has 0 saturated carbocycles. The summed E-state index contributed by atoms with van der Waals surface area (Å²) in [7, 11) is 1.10. The lowest BCUT2D eigenvalue weighted by Crippen LogP contribution is -2.16. The van der Waals surface area contributed by atoms with E-state index in [0.29, 0.717) is 0 Å². The highest BCUT2D eigenvalue weighted by Crippen LogP contribution is 2.35. The number of halogens is 3. The maximum absolute atomic E-state index is 12.6. The van der Waals surface area contributed by atoms with Crippen molar-refractivity contribution in [3.05, 3.63) is 23.4 Å². The molecule has 1 heterocycles. The molecule has 0 aliphatic carbocycles. The molecule has 2 N–H and O–H groups in total. The molecule has 1 rings (SSSR count). The molecule has 0 unspecified atom stereocenters. The van der Waals surface area contributed by atoms with Gasteiger partial charge in [0.2, 0.25) is 0 Å². The van der Waals surface area contributed by atoms with Gasteiger partial charge in [0.1, 0.15) is 11.4 Å². The summed E-state index contributed by atoms with van der Waals surface area (Å²) < 4.78 is 42.1. The van der Waals surface area contributed by atoms with Gasteiger partial charge >= 0.3 is 12.1 Å². The zero-order chi connectivity index (χ0) is 12.3. The van der Waals surface area contributed by atoms with Crippen LogP contribution in [0.4, 0.5) is 19.0 Å². The fraction of sp³-hybridized carbons (Fsp3) is 0.333. The Bertz CT molecular complexity index is 404. The highest BCUT2D eigenvalue weighted by molar-refractivity contribution is 5.73. The quantitative estimate of drug-likeness (QED) is 0.785. The molecule has 0 fully saturated rings. The normalized spacial score (nSPS) is 11.2. The van der Waals surface area contributed by atoms with Crippen LogP contribution in [0.2, 0.25) is 0 Å². The van der Waals surface area contributed by atoms with Crippen LogP contribution >= 0.6 is 0 Å². The second-order valence-corrected chi connectivity index (χ2v) is 2.98. The monoisotopic (exact) mass is 234 g/mol. The molecule has 0 aliphatic heterocycles. The number of hydrogen-bond acceptors (Lipinski definition) is 4. The number of ether oxygens (including phenoxy) is 1. The molecule has 0 aliphatic rings. The van der Waals surface area contributed by atoms with E-state index in [-0.39, 0.29) is 5.56 Å². The van der Waals surface area contributed by atoms with Crippen LogP contribution in [0.3, 0.4) is 0 Å². The van der Waals surface area contributed by atoms with E-state index in [4.69, 9.17) is 5.73 Å². The number of carbonyl (C=O) groups excluding carboxylic acids is 1. The molecular formula is C9H9F3N2O2. The van der Waals surface area contributed by atoms with Crippen LogP contribution < -0.4 is 5.73 Å². The number of rotatable bonds is 2. The molecule has 4 nitrogen and oxygen atoms in total. The van der Waals surface area contributed by atoms with Crippen molar-refractivity contribution < 1.29 is 22.7 Å². The summed E-state index contributed by atoms with van der Waals surface area (Å²) in [6, 6.07) is 1.09. The number of methoxy groups -OCH3 is 1. The van der Waals surface area contributed by atoms with E-state index in [0.717, 1.165) is 19.4 Å². The van der Waals surface area contributed by atoms with Gasteiger partial charge in [0.15, 0.2) is 0 Å². The average molecular weight is 234 g/mol. The maximum atomic E-state index is 12.6. The summed E-state index contributed by atoms with van der Waals surface area (Å²) in [6.45, 7) is 0. The minimum atomic E-state index is -4.64. The van der Waals surface area contributed by atoms with E-state index in [9.17, 15) is 18.0 Å². The van der Waals surface area contributed by atoms with Crippen LogP contribution in [0, 0.1) is 0 Å². The Morgan fingerprint density at radius 1 is 1.56 bits per heavy atom. The van der Waals surface area contributed by atoms with Crippen molar-refractivity contribution in [2.24, 2.45) is 0 Å². The van der Waals surface area contributed by atoms with Gasteiger partial charge in [-0.2, -0.15) is 13.2 Å². The molecule has 0 atom stereocenters. The molecule has 1 aromatic rings. The van der Waals surface area contributed by atoms with Gasteiger partial charge in [-0.05, 0) is 11.6 Å². The molecule has 0 spiro atoms. The predicted octanol–water partition coefficient (Wildman–Crippen LogP) is 1.40. The predicted molar refractivity (Wildman–Crippen MR) is 49.4 cm³/mol. The molecule has 0 radical (unpaired) electrons. The Labute approximate surface area is 89.2 Å². The number of pyridine rings is 1. The standard InChI is InChI=1S/C9H9F3N2O2/c1-16-6(15)4-5-2-3-14-8(13)7(5)9(10,11)12/h2-3H,4H2,1H3,(H2,13,14). The highest BCUT2D eigenvalue weighted by Gasteiger charge is 2.36. The van der Waals surface area contributed by atoms with Gasteiger partial charge in [0.05, 0.1) is 13.5 Å². The van der Waals surface area contributed by atoms with Gasteiger partial charge in [-0.15, -0.1) is 0 Å². The largest absolute Gasteiger partial charge is 0.469 e. The summed E-state index contributed by atoms with van der Waals surface area (Å²) >= 11 is 0. The molecule has 7 heteroatoms. The molecule has 88 valence electrons. The average Bonchev–Trinajstić information content (AvgIpc) is 2.15. The van der Waals surface area contributed by atoms with Crippen LogP contribution in [-0.2, 0) is 22.1 Å². The minimum Gasteiger partial charge on any atom is -0.469 e. The van der Waals surface area contributed by atoms with E-state index in [1.807, 2.05) is 0 Å². The zero-order valence-electron chi connectivity index (χ0n) is 8.34. The number of carbonyl (C=O) groups is 1. The number of alkyl halides is 3. The van der Waals surface area contributed by atoms with E-state index in [2.05, 4.69) is 9.72 Å². The van der Waals surface area contributed by atoms with Crippen molar-refractivity contribution in [1.29, 1.82) is 0 Å². The Morgan fingerprint density at radius 2 is 2.19 bits per heavy atom. The fourth-order valence-corrected chi connectivity index (χ4v) is 1.22. The second kappa shape index (κ2) is 4.38. The first-order chi connectivity index (χ1) is 7.36. The third-order valence-corrected chi connectivity index (χ3v) is 1.91. The first kappa shape index (κ1) is 12.3. The zero-order valence-corrected chi connectivity index (χ0v) is 8.34. The summed E-state index contributed by atoms with van der Waals surface area (Å²) in [4.78, 5) is 14.3. The summed E-state index contributed by atoms with van der Waals surface area (Å²) in [5.41, 5.74) is 3.81. The molecule has 16 heavy (non-hydrogen) atoms. The van der Waals surface area contributed by atoms with E-state index in [1.54, 1.807) is 0 Å². The number of hydrogen-bond donors (Lipinski definition) is 1. The topological polar surface area (TPSA) is 65.2 Å². The van der Waals surface area contributed by atoms with Crippen molar-refractivity contribution in [2.45, 2.75) is 12.6 Å². The van der Waals surface area contributed by atoms with Crippen LogP contribution in [-0.4, -0.2) is 18.1 Å². The number of nitrogens with zero attached hydrogens (tertiary/aromatic N) is 1. The van der Waals surface area contributed by atoms with E-state index < -0.39 is 29.9 Å². The smallest absolute Gasteiger partial charge is 0.420 e. The van der Waals surface area contributed by atoms with Crippen LogP contribution in [0.1, 0.15) is 11.1 Å². The van der Waals surface area contributed by atoms with E-state index in [1.165, 1.54) is 0 Å². The van der Waals surface area contributed by atoms with Crippen molar-refractivity contribution in [3.63, 3.8) is 0 Å². The highest BCUT2D eigenvalue weighted by atomic mass is 19.4. The van der Waals surface area contributed by atoms with Crippen LogP contribution in [0.15, 0.2) is 12.3 Å². The van der Waals surface area contributed by atoms with Gasteiger partial charge in [-0.1, -0.05) is 0 Å². The van der Waals surface area contributed by atoms with Crippen LogP contribution in [0.5, 0.6) is 0 Å². The first-order valence-electron chi connectivity index (χ1n) is 4.23. The maximum Gasteiger partial charge on any atom is 0.420 e. The molecule has 0 saturated heterocycles. The SMILES string of the molecule is COC(=O)Cc1ccnc(N)c1C(F)(F)F. The van der Waals surface area contributed by atoms with Crippen molar-refractivity contribution >= 4 is 11.8 Å². The number of anilines is 1. The Balaban J connectivity index is 3.18. The van der Waals surface area contributed by atoms with E-state index >= 15 is 0 Å². The lowest BCUT2D eigenvalue weighted by atomic mass is 10.1. The molecular weight excluding hydrogens is 225 g/mol. The van der Waals surface area contributed by atoms with Gasteiger partial charge in [-0.25, -0.2) is 4.98 Å². The van der Waals surface area contributed by atoms with Crippen molar-refractivity contribution in [1.82, 2.24) is 4.98 Å². The second-order valence-electron chi connectivity index (χ2n) is 2.98. The lowest BCUT2D eigenvalue weighted by molar-refractivity contribution is -0.141. The molecule has 0 aromatic carbocycles. The van der Waals surface area contributed by atoms with Crippen molar-refractivity contribution in [2.75, 3.05) is 12.8 Å². The summed E-state index contributed by atoms with van der Waals surface area (Å²) in [5.74, 6) is -1.41. The molecule has 0 amide bonds. The Hall–Kier alpha value is -1.79. The van der Waals surface area contributed by atoms with Gasteiger partial charge in [0.25, 0.3) is 0 Å². The third-order valence-electron chi connectivity index (χ3n) is 1.91. The number of esters is 1. The Kier molecular flexibility index (Phi) is 3.36. The van der Waals surface area contributed by atoms with Crippen molar-refractivity contribution in [3.8, 4) is 0 Å². The van der Waals surface area contributed by atoms with Gasteiger partial charge in [-0.3, -0.25) is 4.79 Å². The number of nitrogens with two attached hydrogens (primary N) is 1. The third kappa shape index (κ3) is 2.62. The number of aromatic nitrogens is 1. The Morgan fingerprint density at radius 3 is 2.69 bits per heavy atom. The molecule has 1 aromatic heterocycles. The van der Waals surface area contributed by atoms with Gasteiger partial charge < -0.3 is 10.5 Å². The number of nitrogen functional groups attached to an aromatic ring is 1. The van der Waals surface area contributed by atoms with Gasteiger partial charge in [0, 0.05) is 6.20 Å². The lowest BCUT2D eigenvalue weighted by Gasteiger charge is -2.13. The minimum absolute atomic E-state index is 0.244. The summed E-state index contributed by atoms with van der Waals surface area (Å²) in [6.07, 6.45) is -4.01. The fourth-order valence-electron chi connectivity index (χ4n) is 1.22. The van der Waals surface area contributed by atoms with Crippen LogP contribution in [0.25, 0.3) is 0 Å². The summed E-state index contributed by atoms with van der Waals surface area (Å²) in [5, 5.41) is 0. The molecule has 0 bridgehead atoms.